The standard InChI is InChI=1S/C14H20OS/c1-11(2)9-14(6-3-4-7-14)13(15)12-5-8-16-10-12/h5,8,10-11H,3-4,6-7,9H2,1-2H3. The second-order valence-corrected chi connectivity index (χ2v) is 6.21. The van der Waals surface area contributed by atoms with Crippen molar-refractivity contribution in [2.45, 2.75) is 46.0 Å². The molecule has 2 rings (SSSR count). The first-order valence-electron chi connectivity index (χ1n) is 6.21. The highest BCUT2D eigenvalue weighted by Gasteiger charge is 2.41. The van der Waals surface area contributed by atoms with Crippen LogP contribution in [0, 0.1) is 11.3 Å². The molecule has 1 aliphatic carbocycles. The molecule has 1 aromatic rings. The average molecular weight is 236 g/mol. The predicted molar refractivity (Wildman–Crippen MR) is 69.0 cm³/mol. The molecule has 0 amide bonds. The van der Waals surface area contributed by atoms with Crippen LogP contribution in [0.1, 0.15) is 56.3 Å². The van der Waals surface area contributed by atoms with E-state index >= 15 is 0 Å². The van der Waals surface area contributed by atoms with Crippen LogP contribution in [0.5, 0.6) is 0 Å². The lowest BCUT2D eigenvalue weighted by Gasteiger charge is -2.29. The maximum Gasteiger partial charge on any atom is 0.169 e. The number of hydrogen-bond donors (Lipinski definition) is 0. The van der Waals surface area contributed by atoms with Gasteiger partial charge < -0.3 is 0 Å². The van der Waals surface area contributed by atoms with Crippen LogP contribution in [0.3, 0.4) is 0 Å². The summed E-state index contributed by atoms with van der Waals surface area (Å²) in [5.41, 5.74) is 0.905. The van der Waals surface area contributed by atoms with Gasteiger partial charge in [0, 0.05) is 16.4 Å². The van der Waals surface area contributed by atoms with Crippen LogP contribution < -0.4 is 0 Å². The number of rotatable bonds is 4. The molecule has 1 nitrogen and oxygen atoms in total. The highest BCUT2D eigenvalue weighted by molar-refractivity contribution is 7.08. The molecular weight excluding hydrogens is 216 g/mol. The molecular formula is C14H20OS. The highest BCUT2D eigenvalue weighted by atomic mass is 32.1. The van der Waals surface area contributed by atoms with Crippen molar-refractivity contribution in [1.82, 2.24) is 0 Å². The van der Waals surface area contributed by atoms with Gasteiger partial charge in [0.15, 0.2) is 5.78 Å². The van der Waals surface area contributed by atoms with Gasteiger partial charge in [-0.1, -0.05) is 26.7 Å². The van der Waals surface area contributed by atoms with E-state index in [9.17, 15) is 4.79 Å². The Kier molecular flexibility index (Phi) is 3.48. The zero-order valence-electron chi connectivity index (χ0n) is 10.2. The van der Waals surface area contributed by atoms with Crippen molar-refractivity contribution in [3.05, 3.63) is 22.4 Å². The van der Waals surface area contributed by atoms with Crippen molar-refractivity contribution in [3.63, 3.8) is 0 Å². The first-order chi connectivity index (χ1) is 7.64. The number of Topliss-reactive ketones (excluding diaryl/α,β-unsaturated/α-hetero) is 1. The van der Waals surface area contributed by atoms with Crippen LogP contribution in [0.2, 0.25) is 0 Å². The number of ketones is 1. The summed E-state index contributed by atoms with van der Waals surface area (Å²) in [6, 6.07) is 1.98. The van der Waals surface area contributed by atoms with E-state index in [0.29, 0.717) is 11.7 Å². The molecule has 0 saturated heterocycles. The number of carbonyl (C=O) groups is 1. The fraction of sp³-hybridized carbons (Fsp3) is 0.643. The molecule has 0 aromatic carbocycles. The normalized spacial score (nSPS) is 19.2. The number of thiophene rings is 1. The third-order valence-electron chi connectivity index (χ3n) is 3.62. The minimum atomic E-state index is -0.0325. The summed E-state index contributed by atoms with van der Waals surface area (Å²) in [6.07, 6.45) is 5.70. The van der Waals surface area contributed by atoms with E-state index in [4.69, 9.17) is 0 Å². The second-order valence-electron chi connectivity index (χ2n) is 5.43. The molecule has 1 heterocycles. The Morgan fingerprint density at radius 2 is 2.12 bits per heavy atom. The van der Waals surface area contributed by atoms with Crippen molar-refractivity contribution in [1.29, 1.82) is 0 Å². The SMILES string of the molecule is CC(C)CC1(C(=O)c2ccsc2)CCCC1. The summed E-state index contributed by atoms with van der Waals surface area (Å²) in [6.45, 7) is 4.45. The van der Waals surface area contributed by atoms with Crippen LogP contribution in [0.25, 0.3) is 0 Å². The summed E-state index contributed by atoms with van der Waals surface area (Å²) >= 11 is 1.62. The van der Waals surface area contributed by atoms with Gasteiger partial charge in [-0.15, -0.1) is 0 Å². The van der Waals surface area contributed by atoms with E-state index in [-0.39, 0.29) is 5.41 Å². The molecule has 88 valence electrons. The zero-order chi connectivity index (χ0) is 11.6. The Morgan fingerprint density at radius 1 is 1.44 bits per heavy atom. The van der Waals surface area contributed by atoms with Gasteiger partial charge in [0.05, 0.1) is 0 Å². The van der Waals surface area contributed by atoms with E-state index < -0.39 is 0 Å². The topological polar surface area (TPSA) is 17.1 Å². The van der Waals surface area contributed by atoms with Crippen molar-refractivity contribution >= 4 is 17.1 Å². The molecule has 2 heteroatoms. The van der Waals surface area contributed by atoms with E-state index in [2.05, 4.69) is 13.8 Å². The molecule has 0 aliphatic heterocycles. The molecule has 0 spiro atoms. The third-order valence-corrected chi connectivity index (χ3v) is 4.31. The van der Waals surface area contributed by atoms with E-state index in [1.807, 2.05) is 16.8 Å². The van der Waals surface area contributed by atoms with Crippen molar-refractivity contribution in [2.75, 3.05) is 0 Å². The smallest absolute Gasteiger partial charge is 0.169 e. The number of carbonyl (C=O) groups excluding carboxylic acids is 1. The monoisotopic (exact) mass is 236 g/mol. The predicted octanol–water partition coefficient (Wildman–Crippen LogP) is 4.54. The lowest BCUT2D eigenvalue weighted by molar-refractivity contribution is 0.0760. The zero-order valence-corrected chi connectivity index (χ0v) is 11.0. The third kappa shape index (κ3) is 2.22. The lowest BCUT2D eigenvalue weighted by atomic mass is 9.73. The van der Waals surface area contributed by atoms with Gasteiger partial charge in [-0.2, -0.15) is 11.3 Å². The molecule has 16 heavy (non-hydrogen) atoms. The van der Waals surface area contributed by atoms with Crippen molar-refractivity contribution in [3.8, 4) is 0 Å². The fourth-order valence-electron chi connectivity index (χ4n) is 3.06. The minimum absolute atomic E-state index is 0.0325. The summed E-state index contributed by atoms with van der Waals surface area (Å²) in [5.74, 6) is 1.01. The van der Waals surface area contributed by atoms with Crippen molar-refractivity contribution < 1.29 is 4.79 Å². The maximum absolute atomic E-state index is 12.6. The summed E-state index contributed by atoms with van der Waals surface area (Å²) in [7, 11) is 0. The molecule has 1 fully saturated rings. The van der Waals surface area contributed by atoms with Crippen LogP contribution >= 0.6 is 11.3 Å². The van der Waals surface area contributed by atoms with Crippen LogP contribution in [0.15, 0.2) is 16.8 Å². The molecule has 1 aliphatic rings. The Morgan fingerprint density at radius 3 is 2.62 bits per heavy atom. The number of hydrogen-bond acceptors (Lipinski definition) is 2. The Bertz CT molecular complexity index is 345. The largest absolute Gasteiger partial charge is 0.294 e. The van der Waals surface area contributed by atoms with Gasteiger partial charge in [-0.3, -0.25) is 4.79 Å². The highest BCUT2D eigenvalue weighted by Crippen LogP contribution is 2.45. The molecule has 0 atom stereocenters. The van der Waals surface area contributed by atoms with Crippen molar-refractivity contribution in [2.24, 2.45) is 11.3 Å². The van der Waals surface area contributed by atoms with E-state index in [0.717, 1.165) is 24.8 Å². The van der Waals surface area contributed by atoms with E-state index in [1.54, 1.807) is 11.3 Å². The quantitative estimate of drug-likeness (QED) is 0.702. The molecule has 0 radical (unpaired) electrons. The summed E-state index contributed by atoms with van der Waals surface area (Å²) < 4.78 is 0. The first-order valence-corrected chi connectivity index (χ1v) is 7.15. The fourth-order valence-corrected chi connectivity index (χ4v) is 3.69. The molecule has 1 saturated carbocycles. The van der Waals surface area contributed by atoms with Gasteiger partial charge in [0.1, 0.15) is 0 Å². The van der Waals surface area contributed by atoms with Gasteiger partial charge in [-0.25, -0.2) is 0 Å². The summed E-state index contributed by atoms with van der Waals surface area (Å²) in [4.78, 5) is 12.6. The van der Waals surface area contributed by atoms with Crippen LogP contribution in [0.4, 0.5) is 0 Å². The molecule has 0 unspecified atom stereocenters. The minimum Gasteiger partial charge on any atom is -0.294 e. The van der Waals surface area contributed by atoms with E-state index in [1.165, 1.54) is 12.8 Å². The Hall–Kier alpha value is -0.630. The first kappa shape index (κ1) is 11.8. The van der Waals surface area contributed by atoms with Gasteiger partial charge in [0.2, 0.25) is 0 Å². The van der Waals surface area contributed by atoms with Crippen LogP contribution in [-0.4, -0.2) is 5.78 Å². The summed E-state index contributed by atoms with van der Waals surface area (Å²) in [5, 5.41) is 4.01. The second kappa shape index (κ2) is 4.70. The van der Waals surface area contributed by atoms with Gasteiger partial charge in [-0.05, 0) is 36.6 Å². The average Bonchev–Trinajstić information content (AvgIpc) is 2.85. The molecule has 0 bridgehead atoms. The van der Waals surface area contributed by atoms with Gasteiger partial charge >= 0.3 is 0 Å². The molecule has 1 aromatic heterocycles. The maximum atomic E-state index is 12.6. The molecule has 0 N–H and O–H groups in total. The Labute approximate surface area is 102 Å². The Balaban J connectivity index is 2.22. The van der Waals surface area contributed by atoms with Gasteiger partial charge in [0.25, 0.3) is 0 Å². The lowest BCUT2D eigenvalue weighted by Crippen LogP contribution is -2.29. The van der Waals surface area contributed by atoms with Crippen LogP contribution in [-0.2, 0) is 0 Å².